The zero-order valence-electron chi connectivity index (χ0n) is 14.4. The molecule has 2 aliphatic rings. The predicted octanol–water partition coefficient (Wildman–Crippen LogP) is 1.09. The minimum atomic E-state index is -3.03. The van der Waals surface area contributed by atoms with Crippen LogP contribution in [0, 0.1) is 0 Å². The number of amides is 3. The Morgan fingerprint density at radius 2 is 1.88 bits per heavy atom. The van der Waals surface area contributed by atoms with Crippen molar-refractivity contribution in [3.63, 3.8) is 0 Å². The van der Waals surface area contributed by atoms with E-state index < -0.39 is 15.4 Å². The van der Waals surface area contributed by atoms with E-state index in [1.807, 2.05) is 0 Å². The van der Waals surface area contributed by atoms with Gasteiger partial charge in [0.25, 0.3) is 0 Å². The lowest BCUT2D eigenvalue weighted by atomic mass is 9.96. The lowest BCUT2D eigenvalue weighted by Crippen LogP contribution is -2.47. The van der Waals surface area contributed by atoms with E-state index in [-0.39, 0.29) is 35.9 Å². The van der Waals surface area contributed by atoms with Crippen molar-refractivity contribution in [1.82, 2.24) is 16.0 Å². The Kier molecular flexibility index (Phi) is 6.48. The van der Waals surface area contributed by atoms with Gasteiger partial charge in [-0.15, -0.1) is 0 Å². The predicted molar refractivity (Wildman–Crippen MR) is 92.5 cm³/mol. The molecule has 138 valence electrons. The molecule has 1 saturated carbocycles. The molecule has 1 aliphatic heterocycles. The molecule has 2 fully saturated rings. The first-order valence-corrected chi connectivity index (χ1v) is 10.7. The Balaban J connectivity index is 1.58. The molecule has 0 aromatic heterocycles. The van der Waals surface area contributed by atoms with Crippen LogP contribution in [0.15, 0.2) is 0 Å². The first-order valence-electron chi connectivity index (χ1n) is 8.84. The third-order valence-electron chi connectivity index (χ3n) is 4.75. The fourth-order valence-electron chi connectivity index (χ4n) is 3.44. The van der Waals surface area contributed by atoms with E-state index >= 15 is 0 Å². The van der Waals surface area contributed by atoms with Crippen LogP contribution in [0.2, 0.25) is 0 Å². The number of rotatable bonds is 6. The van der Waals surface area contributed by atoms with Crippen molar-refractivity contribution < 1.29 is 18.0 Å². The van der Waals surface area contributed by atoms with Gasteiger partial charge in [0, 0.05) is 19.0 Å². The highest BCUT2D eigenvalue weighted by Gasteiger charge is 2.39. The summed E-state index contributed by atoms with van der Waals surface area (Å²) < 4.78 is 23.0. The number of urea groups is 1. The zero-order valence-corrected chi connectivity index (χ0v) is 15.2. The normalized spacial score (nSPS) is 26.7. The maximum atomic E-state index is 11.9. The van der Waals surface area contributed by atoms with Crippen LogP contribution in [0.4, 0.5) is 4.79 Å². The number of hydrogen-bond acceptors (Lipinski definition) is 4. The van der Waals surface area contributed by atoms with Gasteiger partial charge in [-0.3, -0.25) is 4.79 Å². The van der Waals surface area contributed by atoms with Crippen LogP contribution in [0.5, 0.6) is 0 Å². The highest BCUT2D eigenvalue weighted by molar-refractivity contribution is 7.91. The van der Waals surface area contributed by atoms with E-state index in [2.05, 4.69) is 16.0 Å². The minimum absolute atomic E-state index is 0.00772. The molecule has 1 saturated heterocycles. The Bertz CT molecular complexity index is 558. The second kappa shape index (κ2) is 8.18. The second-order valence-electron chi connectivity index (χ2n) is 7.29. The summed E-state index contributed by atoms with van der Waals surface area (Å²) in [7, 11) is -3.03. The fraction of sp³-hybridized carbons (Fsp3) is 0.875. The van der Waals surface area contributed by atoms with Crippen LogP contribution in [0.1, 0.15) is 58.3 Å². The summed E-state index contributed by atoms with van der Waals surface area (Å²) in [5.74, 6) is -0.0235. The van der Waals surface area contributed by atoms with Gasteiger partial charge in [-0.05, 0) is 32.6 Å². The Morgan fingerprint density at radius 1 is 1.17 bits per heavy atom. The molecule has 0 radical (unpaired) electrons. The van der Waals surface area contributed by atoms with Crippen LogP contribution in [-0.2, 0) is 14.6 Å². The number of sulfone groups is 1. The molecule has 3 N–H and O–H groups in total. The maximum Gasteiger partial charge on any atom is 0.315 e. The molecular weight excluding hydrogens is 330 g/mol. The average Bonchev–Trinajstić information content (AvgIpc) is 2.78. The molecule has 1 heterocycles. The third-order valence-corrected chi connectivity index (χ3v) is 6.65. The molecule has 1 atom stereocenters. The van der Waals surface area contributed by atoms with E-state index in [9.17, 15) is 18.0 Å². The van der Waals surface area contributed by atoms with Crippen molar-refractivity contribution in [3.8, 4) is 0 Å². The molecule has 1 unspecified atom stereocenters. The number of nitrogens with one attached hydrogen (secondary N) is 3. The van der Waals surface area contributed by atoms with Gasteiger partial charge in [0.2, 0.25) is 5.91 Å². The molecule has 2 rings (SSSR count). The van der Waals surface area contributed by atoms with E-state index in [4.69, 9.17) is 0 Å². The summed E-state index contributed by atoms with van der Waals surface area (Å²) in [5, 5.41) is 8.56. The average molecular weight is 359 g/mol. The van der Waals surface area contributed by atoms with Gasteiger partial charge in [0.15, 0.2) is 9.84 Å². The van der Waals surface area contributed by atoms with Gasteiger partial charge >= 0.3 is 6.03 Å². The van der Waals surface area contributed by atoms with Gasteiger partial charge in [-0.25, -0.2) is 13.2 Å². The molecule has 0 bridgehead atoms. The molecule has 0 aromatic carbocycles. The van der Waals surface area contributed by atoms with Crippen molar-refractivity contribution in [2.75, 3.05) is 18.1 Å². The van der Waals surface area contributed by atoms with E-state index in [1.165, 1.54) is 19.3 Å². The van der Waals surface area contributed by atoms with Crippen molar-refractivity contribution in [2.24, 2.45) is 0 Å². The molecule has 8 heteroatoms. The number of carbonyl (C=O) groups excluding carboxylic acids is 2. The lowest BCUT2D eigenvalue weighted by molar-refractivity contribution is -0.122. The molecule has 0 aromatic rings. The first-order chi connectivity index (χ1) is 11.3. The topological polar surface area (TPSA) is 104 Å². The van der Waals surface area contributed by atoms with Crippen molar-refractivity contribution >= 4 is 21.8 Å². The third kappa shape index (κ3) is 6.30. The Hall–Kier alpha value is -1.31. The Morgan fingerprint density at radius 3 is 2.50 bits per heavy atom. The summed E-state index contributed by atoms with van der Waals surface area (Å²) in [6.45, 7) is 2.20. The quantitative estimate of drug-likeness (QED) is 0.618. The van der Waals surface area contributed by atoms with Crippen molar-refractivity contribution in [3.05, 3.63) is 0 Å². The highest BCUT2D eigenvalue weighted by Crippen LogP contribution is 2.22. The van der Waals surface area contributed by atoms with Crippen LogP contribution in [-0.4, -0.2) is 50.0 Å². The van der Waals surface area contributed by atoms with E-state index in [0.717, 1.165) is 12.8 Å². The summed E-state index contributed by atoms with van der Waals surface area (Å²) >= 11 is 0. The van der Waals surface area contributed by atoms with Crippen LogP contribution >= 0.6 is 0 Å². The van der Waals surface area contributed by atoms with Gasteiger partial charge in [-0.1, -0.05) is 19.3 Å². The number of hydrogen-bond donors (Lipinski definition) is 3. The minimum Gasteiger partial charge on any atom is -0.350 e. The molecule has 7 nitrogen and oxygen atoms in total. The standard InChI is InChI=1S/C16H29N3O4S/c1-16(9-11-24(22,23)12-16)19-14(20)8-5-10-17-15(21)18-13-6-3-2-4-7-13/h13H,2-12H2,1H3,(H,19,20)(H2,17,18,21). The maximum absolute atomic E-state index is 11.9. The largest absolute Gasteiger partial charge is 0.350 e. The molecule has 0 spiro atoms. The fourth-order valence-corrected chi connectivity index (χ4v) is 5.54. The highest BCUT2D eigenvalue weighted by atomic mass is 32.2. The second-order valence-corrected chi connectivity index (χ2v) is 9.47. The van der Waals surface area contributed by atoms with E-state index in [1.54, 1.807) is 6.92 Å². The molecular formula is C16H29N3O4S. The van der Waals surface area contributed by atoms with Crippen LogP contribution in [0.3, 0.4) is 0 Å². The molecule has 3 amide bonds. The Labute approximate surface area is 144 Å². The summed E-state index contributed by atoms with van der Waals surface area (Å²) in [5.41, 5.74) is -0.651. The zero-order chi connectivity index (χ0) is 17.6. The molecule has 1 aliphatic carbocycles. The smallest absolute Gasteiger partial charge is 0.315 e. The van der Waals surface area contributed by atoms with Crippen molar-refractivity contribution in [1.29, 1.82) is 0 Å². The van der Waals surface area contributed by atoms with Crippen LogP contribution < -0.4 is 16.0 Å². The van der Waals surface area contributed by atoms with Gasteiger partial charge in [0.1, 0.15) is 0 Å². The van der Waals surface area contributed by atoms with Gasteiger partial charge in [-0.2, -0.15) is 0 Å². The summed E-state index contributed by atoms with van der Waals surface area (Å²) in [4.78, 5) is 23.7. The summed E-state index contributed by atoms with van der Waals surface area (Å²) in [6.07, 6.45) is 6.93. The lowest BCUT2D eigenvalue weighted by Gasteiger charge is -2.24. The number of carbonyl (C=O) groups is 2. The van der Waals surface area contributed by atoms with E-state index in [0.29, 0.717) is 19.4 Å². The monoisotopic (exact) mass is 359 g/mol. The van der Waals surface area contributed by atoms with Gasteiger partial charge < -0.3 is 16.0 Å². The summed E-state index contributed by atoms with van der Waals surface area (Å²) in [6, 6.07) is 0.0995. The van der Waals surface area contributed by atoms with Crippen molar-refractivity contribution in [2.45, 2.75) is 69.9 Å². The SMILES string of the molecule is CC1(NC(=O)CCCNC(=O)NC2CCCCC2)CCS(=O)(=O)C1. The first kappa shape index (κ1) is 19.0. The molecule has 24 heavy (non-hydrogen) atoms. The van der Waals surface area contributed by atoms with Gasteiger partial charge in [0.05, 0.1) is 17.0 Å². The van der Waals surface area contributed by atoms with Crippen LogP contribution in [0.25, 0.3) is 0 Å².